The summed E-state index contributed by atoms with van der Waals surface area (Å²) < 4.78 is 0. The minimum Gasteiger partial charge on any atom is -0.185 e. The van der Waals surface area contributed by atoms with Crippen LogP contribution in [-0.4, -0.2) is 0 Å². The second kappa shape index (κ2) is 9.57. The molecule has 0 fully saturated rings. The Morgan fingerprint density at radius 2 is 1.64 bits per heavy atom. The molecule has 0 heterocycles. The average Bonchev–Trinajstić information content (AvgIpc) is 1.91. The van der Waals surface area contributed by atoms with Gasteiger partial charge >= 0.3 is 0 Å². The molecule has 0 aliphatic rings. The summed E-state index contributed by atoms with van der Waals surface area (Å²) in [6.07, 6.45) is 0. The minimum atomic E-state index is 0. The van der Waals surface area contributed by atoms with Crippen molar-refractivity contribution in [3.63, 3.8) is 0 Å². The van der Waals surface area contributed by atoms with E-state index in [1.807, 2.05) is 18.2 Å². The van der Waals surface area contributed by atoms with Gasteiger partial charge in [-0.3, -0.25) is 0 Å². The number of nitrogens with zero attached hydrogens (tertiary/aromatic N) is 1. The molecule has 0 aliphatic carbocycles. The van der Waals surface area contributed by atoms with E-state index in [-0.39, 0.29) is 16.8 Å². The molecule has 3 heteroatoms. The van der Waals surface area contributed by atoms with Crippen molar-refractivity contribution in [1.29, 1.82) is 5.26 Å². The van der Waals surface area contributed by atoms with Gasteiger partial charge in [0.2, 0.25) is 0 Å². The first kappa shape index (κ1) is 13.2. The molecule has 0 bridgehead atoms. The first-order chi connectivity index (χ1) is 4.81. The van der Waals surface area contributed by atoms with E-state index in [9.17, 15) is 0 Å². The number of thiol groups is 1. The second-order valence-electron chi connectivity index (χ2n) is 1.75. The molecule has 1 nitrogen and oxygen atoms in total. The van der Waals surface area contributed by atoms with Gasteiger partial charge in [0, 0.05) is 16.8 Å². The van der Waals surface area contributed by atoms with Crippen LogP contribution in [0.25, 0.3) is 0 Å². The smallest absolute Gasteiger partial charge is 0.130 e. The third kappa shape index (κ3) is 9.57. The van der Waals surface area contributed by atoms with Gasteiger partial charge in [-0.25, -0.2) is 0 Å². The molecule has 0 amide bonds. The van der Waals surface area contributed by atoms with Crippen LogP contribution in [-0.2, 0) is 16.8 Å². The van der Waals surface area contributed by atoms with Crippen molar-refractivity contribution >= 4 is 12.6 Å². The number of hydrogen-bond acceptors (Lipinski definition) is 2. The summed E-state index contributed by atoms with van der Waals surface area (Å²) in [4.78, 5) is 0. The second-order valence-corrected chi connectivity index (χ2v) is 1.95. The van der Waals surface area contributed by atoms with E-state index in [1.165, 1.54) is 11.0 Å². The van der Waals surface area contributed by atoms with Crippen molar-refractivity contribution in [2.24, 2.45) is 0 Å². The predicted molar refractivity (Wildman–Crippen MR) is 45.8 cm³/mol. The number of benzene rings is 1. The summed E-state index contributed by atoms with van der Waals surface area (Å²) in [5.74, 6) is 0. The van der Waals surface area contributed by atoms with Crippen LogP contribution in [0.3, 0.4) is 0 Å². The molecule has 1 aromatic rings. The summed E-state index contributed by atoms with van der Waals surface area (Å²) in [5.41, 5.74) is 1.32. The summed E-state index contributed by atoms with van der Waals surface area (Å²) in [7, 11) is 0. The quantitative estimate of drug-likeness (QED) is 0.516. The molecule has 0 unspecified atom stereocenters. The van der Waals surface area contributed by atoms with Gasteiger partial charge in [0.15, 0.2) is 0 Å². The van der Waals surface area contributed by atoms with Crippen molar-refractivity contribution in [3.05, 3.63) is 35.9 Å². The molecule has 0 atom stereocenters. The summed E-state index contributed by atoms with van der Waals surface area (Å²) in [5, 5.41) is 8.63. The van der Waals surface area contributed by atoms with E-state index in [4.69, 9.17) is 5.26 Å². The molecule has 0 aromatic heterocycles. The molecule has 1 aromatic carbocycles. The number of rotatable bonds is 0. The Labute approximate surface area is 83.0 Å². The van der Waals surface area contributed by atoms with E-state index in [0.717, 1.165) is 0 Å². The largest absolute Gasteiger partial charge is 0.185 e. The molecule has 0 saturated carbocycles. The third-order valence-corrected chi connectivity index (χ3v) is 0.940. The molecule has 0 N–H and O–H groups in total. The minimum absolute atomic E-state index is 0. The number of hydrogen-bond donors (Lipinski definition) is 1. The first-order valence-corrected chi connectivity index (χ1v) is 3.31. The zero-order chi connectivity index (χ0) is 7.82. The number of thiocyanates is 1. The predicted octanol–water partition coefficient (Wildman–Crippen LogP) is 2.39. The van der Waals surface area contributed by atoms with Gasteiger partial charge in [0.1, 0.15) is 5.40 Å². The molecule has 1 rings (SSSR count). The molecule has 0 spiro atoms. The van der Waals surface area contributed by atoms with Gasteiger partial charge in [-0.15, -0.1) is 0 Å². The van der Waals surface area contributed by atoms with Gasteiger partial charge in [0.05, 0.1) is 0 Å². The van der Waals surface area contributed by atoms with Gasteiger partial charge < -0.3 is 0 Å². The van der Waals surface area contributed by atoms with Gasteiger partial charge in [-0.2, -0.15) is 5.26 Å². The standard InChI is InChI=1S/C7H8.CHNS.Co/c1-7-5-3-2-4-6-7;2-1-3;/h2-6H,1H3;3H;. The van der Waals surface area contributed by atoms with Crippen LogP contribution in [0.5, 0.6) is 0 Å². The summed E-state index contributed by atoms with van der Waals surface area (Å²) in [6.45, 7) is 2.08. The van der Waals surface area contributed by atoms with Crippen LogP contribution < -0.4 is 0 Å². The third-order valence-electron chi connectivity index (χ3n) is 0.940. The van der Waals surface area contributed by atoms with Crippen LogP contribution in [0.15, 0.2) is 30.3 Å². The van der Waals surface area contributed by atoms with Crippen LogP contribution in [0.1, 0.15) is 5.56 Å². The van der Waals surface area contributed by atoms with E-state index in [2.05, 4.69) is 31.7 Å². The molecule has 0 saturated heterocycles. The van der Waals surface area contributed by atoms with Crippen LogP contribution in [0.2, 0.25) is 0 Å². The Balaban J connectivity index is 0. The maximum absolute atomic E-state index is 7.18. The van der Waals surface area contributed by atoms with E-state index in [0.29, 0.717) is 0 Å². The van der Waals surface area contributed by atoms with Crippen molar-refractivity contribution < 1.29 is 16.8 Å². The zero-order valence-electron chi connectivity index (χ0n) is 6.11. The van der Waals surface area contributed by atoms with Crippen LogP contribution >= 0.6 is 12.6 Å². The maximum Gasteiger partial charge on any atom is 0.130 e. The summed E-state index contributed by atoms with van der Waals surface area (Å²) in [6, 6.07) is 10.3. The Morgan fingerprint density at radius 1 is 1.27 bits per heavy atom. The van der Waals surface area contributed by atoms with Crippen LogP contribution in [0.4, 0.5) is 0 Å². The Hall–Kier alpha value is -0.434. The summed E-state index contributed by atoms with van der Waals surface area (Å²) >= 11 is 3.09. The normalized spacial score (nSPS) is 6.27. The molecular weight excluding hydrogens is 201 g/mol. The zero-order valence-corrected chi connectivity index (χ0v) is 8.05. The Kier molecular flexibility index (Phi) is 11.5. The monoisotopic (exact) mass is 210 g/mol. The molecule has 61 valence electrons. The van der Waals surface area contributed by atoms with E-state index >= 15 is 0 Å². The molecular formula is C8H9CoNS. The maximum atomic E-state index is 7.18. The first-order valence-electron chi connectivity index (χ1n) is 2.86. The van der Waals surface area contributed by atoms with Crippen molar-refractivity contribution in [1.82, 2.24) is 0 Å². The van der Waals surface area contributed by atoms with Crippen molar-refractivity contribution in [2.75, 3.05) is 0 Å². The number of aryl methyl sites for hydroxylation is 1. The average molecular weight is 210 g/mol. The van der Waals surface area contributed by atoms with E-state index < -0.39 is 0 Å². The molecule has 11 heavy (non-hydrogen) atoms. The molecule has 1 radical (unpaired) electrons. The molecule has 0 aliphatic heterocycles. The number of nitriles is 1. The SMILES string of the molecule is Cc1ccccc1.N#CS.[Co]. The van der Waals surface area contributed by atoms with Crippen LogP contribution in [0, 0.1) is 17.6 Å². The van der Waals surface area contributed by atoms with Gasteiger partial charge in [-0.1, -0.05) is 48.5 Å². The van der Waals surface area contributed by atoms with Crippen molar-refractivity contribution in [2.45, 2.75) is 6.92 Å². The van der Waals surface area contributed by atoms with Crippen molar-refractivity contribution in [3.8, 4) is 5.40 Å². The van der Waals surface area contributed by atoms with E-state index in [1.54, 1.807) is 0 Å². The Bertz CT molecular complexity index is 205. The Morgan fingerprint density at radius 3 is 1.82 bits per heavy atom. The fourth-order valence-electron chi connectivity index (χ4n) is 0.534. The van der Waals surface area contributed by atoms with Gasteiger partial charge in [-0.05, 0) is 6.92 Å². The van der Waals surface area contributed by atoms with Gasteiger partial charge in [0.25, 0.3) is 0 Å². The fraction of sp³-hybridized carbons (Fsp3) is 0.125. The fourth-order valence-corrected chi connectivity index (χ4v) is 0.534. The topological polar surface area (TPSA) is 23.8 Å².